The van der Waals surface area contributed by atoms with Crippen LogP contribution >= 0.6 is 0 Å². The SMILES string of the molecule is C[C@H](NC(=O)c1ccc(Oc2ccc(N)c3ccccc23)cc1)C(=O)OC(C)(C)C. The lowest BCUT2D eigenvalue weighted by Crippen LogP contribution is -2.42. The number of anilines is 1. The monoisotopic (exact) mass is 406 g/mol. The van der Waals surface area contributed by atoms with Crippen LogP contribution in [0.4, 0.5) is 5.69 Å². The van der Waals surface area contributed by atoms with Crippen molar-refractivity contribution in [2.75, 3.05) is 5.73 Å². The Morgan fingerprint density at radius 1 is 0.933 bits per heavy atom. The van der Waals surface area contributed by atoms with E-state index in [-0.39, 0.29) is 5.91 Å². The zero-order valence-corrected chi connectivity index (χ0v) is 17.6. The topological polar surface area (TPSA) is 90.6 Å². The zero-order chi connectivity index (χ0) is 21.9. The van der Waals surface area contributed by atoms with E-state index in [1.54, 1.807) is 58.0 Å². The molecule has 0 bridgehead atoms. The number of fused-ring (bicyclic) bond motifs is 1. The lowest BCUT2D eigenvalue weighted by Gasteiger charge is -2.22. The number of carbonyl (C=O) groups excluding carboxylic acids is 2. The average Bonchev–Trinajstić information content (AvgIpc) is 2.69. The first kappa shape index (κ1) is 21.2. The molecule has 0 unspecified atom stereocenters. The molecular weight excluding hydrogens is 380 g/mol. The van der Waals surface area contributed by atoms with Crippen LogP contribution in [0.1, 0.15) is 38.1 Å². The van der Waals surface area contributed by atoms with Gasteiger partial charge in [0.15, 0.2) is 0 Å². The molecule has 3 aromatic rings. The highest BCUT2D eigenvalue weighted by Crippen LogP contribution is 2.33. The van der Waals surface area contributed by atoms with Gasteiger partial charge in [-0.3, -0.25) is 4.79 Å². The lowest BCUT2D eigenvalue weighted by atomic mass is 10.1. The van der Waals surface area contributed by atoms with Crippen LogP contribution in [0, 0.1) is 0 Å². The standard InChI is InChI=1S/C24H26N2O4/c1-15(23(28)30-24(2,3)4)26-22(27)16-9-11-17(12-10-16)29-21-14-13-20(25)18-7-5-6-8-19(18)21/h5-15H,25H2,1-4H3,(H,26,27)/t15-/m0/s1. The highest BCUT2D eigenvalue weighted by atomic mass is 16.6. The largest absolute Gasteiger partial charge is 0.458 e. The number of esters is 1. The second kappa shape index (κ2) is 8.45. The normalized spacial score (nSPS) is 12.3. The smallest absolute Gasteiger partial charge is 0.328 e. The van der Waals surface area contributed by atoms with Crippen LogP contribution in [0.15, 0.2) is 60.7 Å². The molecule has 3 aromatic carbocycles. The van der Waals surface area contributed by atoms with E-state index in [1.165, 1.54) is 0 Å². The molecule has 6 heteroatoms. The minimum atomic E-state index is -0.756. The molecule has 1 atom stereocenters. The summed E-state index contributed by atoms with van der Waals surface area (Å²) >= 11 is 0. The summed E-state index contributed by atoms with van der Waals surface area (Å²) in [7, 11) is 0. The van der Waals surface area contributed by atoms with Gasteiger partial charge >= 0.3 is 5.97 Å². The van der Waals surface area contributed by atoms with Gasteiger partial charge in [0, 0.05) is 22.0 Å². The molecule has 3 N–H and O–H groups in total. The van der Waals surface area contributed by atoms with Crippen molar-refractivity contribution in [1.82, 2.24) is 5.32 Å². The number of hydrogen-bond acceptors (Lipinski definition) is 5. The summed E-state index contributed by atoms with van der Waals surface area (Å²) in [6.45, 7) is 6.93. The Morgan fingerprint density at radius 2 is 1.57 bits per heavy atom. The van der Waals surface area contributed by atoms with E-state index in [1.807, 2.05) is 30.3 Å². The number of ether oxygens (including phenoxy) is 2. The number of benzene rings is 3. The Morgan fingerprint density at radius 3 is 2.20 bits per heavy atom. The van der Waals surface area contributed by atoms with Crippen molar-refractivity contribution in [1.29, 1.82) is 0 Å². The maximum Gasteiger partial charge on any atom is 0.328 e. The average molecular weight is 406 g/mol. The summed E-state index contributed by atoms with van der Waals surface area (Å²) in [4.78, 5) is 24.5. The van der Waals surface area contributed by atoms with E-state index >= 15 is 0 Å². The van der Waals surface area contributed by atoms with Gasteiger partial charge < -0.3 is 20.5 Å². The van der Waals surface area contributed by atoms with Crippen molar-refractivity contribution >= 4 is 28.3 Å². The van der Waals surface area contributed by atoms with Gasteiger partial charge in [0.05, 0.1) is 0 Å². The van der Waals surface area contributed by atoms with Crippen molar-refractivity contribution in [3.8, 4) is 11.5 Å². The van der Waals surface area contributed by atoms with Crippen LogP contribution in [0.25, 0.3) is 10.8 Å². The van der Waals surface area contributed by atoms with Crippen LogP contribution < -0.4 is 15.8 Å². The maximum atomic E-state index is 12.4. The second-order valence-electron chi connectivity index (χ2n) is 8.05. The number of rotatable bonds is 5. The lowest BCUT2D eigenvalue weighted by molar-refractivity contribution is -0.156. The minimum Gasteiger partial charge on any atom is -0.458 e. The third-order valence-electron chi connectivity index (χ3n) is 4.37. The summed E-state index contributed by atoms with van der Waals surface area (Å²) in [6, 6.07) is 17.3. The van der Waals surface area contributed by atoms with Crippen molar-refractivity contribution in [3.05, 3.63) is 66.2 Å². The molecular formula is C24H26N2O4. The molecule has 0 aliphatic rings. The molecule has 1 amide bonds. The Bertz CT molecular complexity index is 1070. The van der Waals surface area contributed by atoms with Crippen molar-refractivity contribution in [2.45, 2.75) is 39.3 Å². The highest BCUT2D eigenvalue weighted by Gasteiger charge is 2.23. The Kier molecular flexibility index (Phi) is 5.96. The molecule has 3 rings (SSSR count). The Balaban J connectivity index is 1.69. The number of nitrogens with one attached hydrogen (secondary N) is 1. The van der Waals surface area contributed by atoms with Gasteiger partial charge in [-0.05, 0) is 64.1 Å². The number of amides is 1. The van der Waals surface area contributed by atoms with E-state index in [0.29, 0.717) is 22.7 Å². The number of nitrogens with two attached hydrogens (primary N) is 1. The van der Waals surface area contributed by atoms with Gasteiger partial charge in [0.1, 0.15) is 23.1 Å². The minimum absolute atomic E-state index is 0.363. The van der Waals surface area contributed by atoms with E-state index in [4.69, 9.17) is 15.2 Å². The summed E-state index contributed by atoms with van der Waals surface area (Å²) in [5.74, 6) is 0.418. The van der Waals surface area contributed by atoms with Crippen LogP contribution in [-0.4, -0.2) is 23.5 Å². The fourth-order valence-corrected chi connectivity index (χ4v) is 2.91. The van der Waals surface area contributed by atoms with Gasteiger partial charge in [0.25, 0.3) is 5.91 Å². The molecule has 0 spiro atoms. The van der Waals surface area contributed by atoms with Gasteiger partial charge in [-0.1, -0.05) is 24.3 Å². The Hall–Kier alpha value is -3.54. The Labute approximate surface area is 176 Å². The molecule has 0 heterocycles. The molecule has 0 aromatic heterocycles. The molecule has 30 heavy (non-hydrogen) atoms. The molecule has 156 valence electrons. The first-order valence-electron chi connectivity index (χ1n) is 9.73. The second-order valence-corrected chi connectivity index (χ2v) is 8.05. The van der Waals surface area contributed by atoms with Gasteiger partial charge in [-0.25, -0.2) is 4.79 Å². The first-order chi connectivity index (χ1) is 14.1. The quantitative estimate of drug-likeness (QED) is 0.474. The summed E-state index contributed by atoms with van der Waals surface area (Å²) in [6.07, 6.45) is 0. The van der Waals surface area contributed by atoms with E-state index in [2.05, 4.69) is 5.32 Å². The fourth-order valence-electron chi connectivity index (χ4n) is 2.91. The van der Waals surface area contributed by atoms with E-state index in [0.717, 1.165) is 10.8 Å². The zero-order valence-electron chi connectivity index (χ0n) is 17.6. The highest BCUT2D eigenvalue weighted by molar-refractivity contribution is 5.98. The van der Waals surface area contributed by atoms with Crippen LogP contribution in [-0.2, 0) is 9.53 Å². The molecule has 0 aliphatic heterocycles. The van der Waals surface area contributed by atoms with E-state index in [9.17, 15) is 9.59 Å². The van der Waals surface area contributed by atoms with Crippen LogP contribution in [0.2, 0.25) is 0 Å². The third kappa shape index (κ3) is 5.08. The number of hydrogen-bond donors (Lipinski definition) is 2. The van der Waals surface area contributed by atoms with Crippen molar-refractivity contribution < 1.29 is 19.1 Å². The van der Waals surface area contributed by atoms with Crippen LogP contribution in [0.5, 0.6) is 11.5 Å². The molecule has 0 saturated carbocycles. The fraction of sp³-hybridized carbons (Fsp3) is 0.250. The number of nitrogen functional groups attached to an aromatic ring is 1. The third-order valence-corrected chi connectivity index (χ3v) is 4.37. The molecule has 6 nitrogen and oxygen atoms in total. The van der Waals surface area contributed by atoms with E-state index < -0.39 is 17.6 Å². The summed E-state index contributed by atoms with van der Waals surface area (Å²) in [5, 5.41) is 4.48. The maximum absolute atomic E-state index is 12.4. The van der Waals surface area contributed by atoms with Crippen molar-refractivity contribution in [2.24, 2.45) is 0 Å². The predicted octanol–water partition coefficient (Wildman–Crippen LogP) is 4.67. The van der Waals surface area contributed by atoms with Gasteiger partial charge in [0.2, 0.25) is 0 Å². The summed E-state index contributed by atoms with van der Waals surface area (Å²) in [5.41, 5.74) is 6.52. The molecule has 0 saturated heterocycles. The van der Waals surface area contributed by atoms with Gasteiger partial charge in [-0.15, -0.1) is 0 Å². The summed E-state index contributed by atoms with van der Waals surface area (Å²) < 4.78 is 11.3. The van der Waals surface area contributed by atoms with Crippen molar-refractivity contribution in [3.63, 3.8) is 0 Å². The van der Waals surface area contributed by atoms with Gasteiger partial charge in [-0.2, -0.15) is 0 Å². The number of carbonyl (C=O) groups is 2. The van der Waals surface area contributed by atoms with Crippen LogP contribution in [0.3, 0.4) is 0 Å². The molecule has 0 aliphatic carbocycles. The molecule has 0 radical (unpaired) electrons. The predicted molar refractivity (Wildman–Crippen MR) is 118 cm³/mol. The molecule has 0 fully saturated rings. The first-order valence-corrected chi connectivity index (χ1v) is 9.73.